The van der Waals surface area contributed by atoms with E-state index in [1.807, 2.05) is 19.1 Å². The summed E-state index contributed by atoms with van der Waals surface area (Å²) in [5.41, 5.74) is 2.51. The quantitative estimate of drug-likeness (QED) is 0.876. The molecule has 1 atom stereocenters. The van der Waals surface area contributed by atoms with E-state index in [-0.39, 0.29) is 12.3 Å². The van der Waals surface area contributed by atoms with Gasteiger partial charge in [-0.2, -0.15) is 0 Å². The lowest BCUT2D eigenvalue weighted by atomic mass is 10.0. The second-order valence-corrected chi connectivity index (χ2v) is 5.25. The Morgan fingerprint density at radius 1 is 1.56 bits per heavy atom. The van der Waals surface area contributed by atoms with E-state index in [1.165, 1.54) is 0 Å². The van der Waals surface area contributed by atoms with Crippen molar-refractivity contribution in [2.75, 3.05) is 17.3 Å². The van der Waals surface area contributed by atoms with E-state index in [0.29, 0.717) is 0 Å². The van der Waals surface area contributed by atoms with Gasteiger partial charge in [0.25, 0.3) is 0 Å². The summed E-state index contributed by atoms with van der Waals surface area (Å²) in [6.07, 6.45) is -0.215. The van der Waals surface area contributed by atoms with Gasteiger partial charge in [-0.3, -0.25) is 9.59 Å². The summed E-state index contributed by atoms with van der Waals surface area (Å²) in [6.45, 7) is 1.90. The minimum Gasteiger partial charge on any atom is -0.481 e. The molecule has 6 heteroatoms. The number of hydrogen-bond donors (Lipinski definition) is 2. The molecule has 2 rings (SSSR count). The molecule has 0 saturated heterocycles. The average Bonchev–Trinajstić information content (AvgIpc) is 2.26. The smallest absolute Gasteiger partial charge is 0.305 e. The molecule has 18 heavy (non-hydrogen) atoms. The second kappa shape index (κ2) is 4.61. The number of fused-ring (bicyclic) bond motifs is 1. The van der Waals surface area contributed by atoms with E-state index in [4.69, 9.17) is 5.11 Å². The lowest BCUT2D eigenvalue weighted by Crippen LogP contribution is -2.47. The molecular formula is C12H13BrN2O3. The van der Waals surface area contributed by atoms with Crippen molar-refractivity contribution in [1.82, 2.24) is 0 Å². The van der Waals surface area contributed by atoms with Crippen LogP contribution in [0.1, 0.15) is 12.0 Å². The average molecular weight is 313 g/mol. The van der Waals surface area contributed by atoms with Crippen molar-refractivity contribution < 1.29 is 14.7 Å². The van der Waals surface area contributed by atoms with Gasteiger partial charge in [-0.1, -0.05) is 15.9 Å². The summed E-state index contributed by atoms with van der Waals surface area (Å²) in [7, 11) is 1.73. The van der Waals surface area contributed by atoms with E-state index in [9.17, 15) is 9.59 Å². The standard InChI is InChI=1S/C12H13BrN2O3/c1-6-3-7(13)4-8-11(6)14-12(18)9(15(8)2)5-10(16)17/h3-4,9H,5H2,1-2H3,(H,14,18)(H,16,17). The highest BCUT2D eigenvalue weighted by Crippen LogP contribution is 2.37. The molecule has 0 aromatic heterocycles. The Kier molecular flexibility index (Phi) is 3.30. The Labute approximate surface area is 113 Å². The molecule has 0 aliphatic carbocycles. The van der Waals surface area contributed by atoms with Gasteiger partial charge in [0, 0.05) is 11.5 Å². The number of aliphatic carboxylic acids is 1. The topological polar surface area (TPSA) is 69.6 Å². The maximum atomic E-state index is 11.9. The third-order valence-electron chi connectivity index (χ3n) is 3.05. The number of carbonyl (C=O) groups excluding carboxylic acids is 1. The van der Waals surface area contributed by atoms with E-state index >= 15 is 0 Å². The highest BCUT2D eigenvalue weighted by molar-refractivity contribution is 9.10. The van der Waals surface area contributed by atoms with Crippen molar-refractivity contribution >= 4 is 39.2 Å². The Hall–Kier alpha value is -1.56. The number of halogens is 1. The van der Waals surface area contributed by atoms with E-state index in [0.717, 1.165) is 21.4 Å². The number of nitrogens with one attached hydrogen (secondary N) is 1. The van der Waals surface area contributed by atoms with Gasteiger partial charge < -0.3 is 15.3 Å². The number of anilines is 2. The molecule has 0 saturated carbocycles. The summed E-state index contributed by atoms with van der Waals surface area (Å²) in [5.74, 6) is -1.27. The molecule has 96 valence electrons. The number of benzene rings is 1. The van der Waals surface area contributed by atoms with Crippen LogP contribution in [0.25, 0.3) is 0 Å². The molecule has 1 aromatic rings. The Morgan fingerprint density at radius 3 is 2.83 bits per heavy atom. The molecule has 5 nitrogen and oxygen atoms in total. The first kappa shape index (κ1) is 12.9. The SMILES string of the molecule is Cc1cc(Br)cc2c1NC(=O)C(CC(=O)O)N2C. The predicted molar refractivity (Wildman–Crippen MR) is 72.0 cm³/mol. The normalized spacial score (nSPS) is 18.3. The van der Waals surface area contributed by atoms with Gasteiger partial charge in [-0.15, -0.1) is 0 Å². The zero-order valence-electron chi connectivity index (χ0n) is 10.0. The summed E-state index contributed by atoms with van der Waals surface area (Å²) in [6, 6.07) is 3.10. The minimum absolute atomic E-state index is 0.215. The monoisotopic (exact) mass is 312 g/mol. The van der Waals surface area contributed by atoms with Gasteiger partial charge in [0.05, 0.1) is 17.8 Å². The summed E-state index contributed by atoms with van der Waals surface area (Å²) in [5, 5.41) is 11.6. The van der Waals surface area contributed by atoms with Gasteiger partial charge in [0.15, 0.2) is 0 Å². The molecule has 2 N–H and O–H groups in total. The van der Waals surface area contributed by atoms with Crippen LogP contribution in [0.3, 0.4) is 0 Å². The molecule has 1 aliphatic rings. The molecule has 1 amide bonds. The van der Waals surface area contributed by atoms with E-state index in [2.05, 4.69) is 21.2 Å². The van der Waals surface area contributed by atoms with Crippen molar-refractivity contribution in [2.24, 2.45) is 0 Å². The van der Waals surface area contributed by atoms with Crippen LogP contribution in [0, 0.1) is 6.92 Å². The van der Waals surface area contributed by atoms with Crippen LogP contribution in [-0.2, 0) is 9.59 Å². The molecule has 0 bridgehead atoms. The number of carboxylic acids is 1. The third kappa shape index (κ3) is 2.20. The van der Waals surface area contributed by atoms with Crippen LogP contribution in [-0.4, -0.2) is 30.1 Å². The number of carbonyl (C=O) groups is 2. The lowest BCUT2D eigenvalue weighted by molar-refractivity contribution is -0.138. The van der Waals surface area contributed by atoms with Crippen LogP contribution in [0.5, 0.6) is 0 Å². The van der Waals surface area contributed by atoms with Crippen molar-refractivity contribution in [1.29, 1.82) is 0 Å². The maximum absolute atomic E-state index is 11.9. The van der Waals surface area contributed by atoms with Crippen molar-refractivity contribution in [3.05, 3.63) is 22.2 Å². The maximum Gasteiger partial charge on any atom is 0.305 e. The highest BCUT2D eigenvalue weighted by atomic mass is 79.9. The molecular weight excluding hydrogens is 300 g/mol. The molecule has 1 heterocycles. The molecule has 1 aromatic carbocycles. The number of aryl methyl sites for hydroxylation is 1. The molecule has 1 unspecified atom stereocenters. The van der Waals surface area contributed by atoms with E-state index < -0.39 is 12.0 Å². The number of amides is 1. The van der Waals surface area contributed by atoms with Gasteiger partial charge >= 0.3 is 5.97 Å². The fourth-order valence-electron chi connectivity index (χ4n) is 2.11. The van der Waals surface area contributed by atoms with Crippen LogP contribution >= 0.6 is 15.9 Å². The first-order valence-electron chi connectivity index (χ1n) is 5.46. The fraction of sp³-hybridized carbons (Fsp3) is 0.333. The minimum atomic E-state index is -0.989. The van der Waals surface area contributed by atoms with Crippen molar-refractivity contribution in [3.63, 3.8) is 0 Å². The first-order valence-corrected chi connectivity index (χ1v) is 6.25. The molecule has 0 spiro atoms. The number of carboxylic acid groups (broad SMARTS) is 1. The highest BCUT2D eigenvalue weighted by Gasteiger charge is 2.33. The lowest BCUT2D eigenvalue weighted by Gasteiger charge is -2.35. The molecule has 1 aliphatic heterocycles. The Morgan fingerprint density at radius 2 is 2.22 bits per heavy atom. The van der Waals surface area contributed by atoms with Gasteiger partial charge in [-0.05, 0) is 24.6 Å². The Bertz CT molecular complexity index is 530. The fourth-order valence-corrected chi connectivity index (χ4v) is 2.67. The third-order valence-corrected chi connectivity index (χ3v) is 3.50. The zero-order valence-corrected chi connectivity index (χ0v) is 11.6. The summed E-state index contributed by atoms with van der Waals surface area (Å²) < 4.78 is 0.899. The molecule has 0 radical (unpaired) electrons. The largest absolute Gasteiger partial charge is 0.481 e. The Balaban J connectivity index is 2.45. The number of rotatable bonds is 2. The summed E-state index contributed by atoms with van der Waals surface area (Å²) >= 11 is 3.40. The predicted octanol–water partition coefficient (Wildman–Crippen LogP) is 1.99. The second-order valence-electron chi connectivity index (χ2n) is 4.33. The number of nitrogens with zero attached hydrogens (tertiary/aromatic N) is 1. The first-order chi connectivity index (χ1) is 8.40. The number of hydrogen-bond acceptors (Lipinski definition) is 3. The zero-order chi connectivity index (χ0) is 13.4. The molecule has 0 fully saturated rings. The summed E-state index contributed by atoms with van der Waals surface area (Å²) in [4.78, 5) is 24.4. The van der Waals surface area contributed by atoms with E-state index in [1.54, 1.807) is 11.9 Å². The van der Waals surface area contributed by atoms with Crippen LogP contribution in [0.2, 0.25) is 0 Å². The van der Waals surface area contributed by atoms with Gasteiger partial charge in [0.2, 0.25) is 5.91 Å². The van der Waals surface area contributed by atoms with Crippen molar-refractivity contribution in [2.45, 2.75) is 19.4 Å². The van der Waals surface area contributed by atoms with Gasteiger partial charge in [-0.25, -0.2) is 0 Å². The van der Waals surface area contributed by atoms with Gasteiger partial charge in [0.1, 0.15) is 6.04 Å². The van der Waals surface area contributed by atoms with Crippen molar-refractivity contribution in [3.8, 4) is 0 Å². The number of likely N-dealkylation sites (N-methyl/N-ethyl adjacent to an activating group) is 1. The van der Waals surface area contributed by atoms with Crippen LogP contribution in [0.4, 0.5) is 11.4 Å². The van der Waals surface area contributed by atoms with Crippen LogP contribution in [0.15, 0.2) is 16.6 Å². The van der Waals surface area contributed by atoms with Crippen LogP contribution < -0.4 is 10.2 Å².